The Bertz CT molecular complexity index is 738. The van der Waals surface area contributed by atoms with Crippen LogP contribution in [-0.4, -0.2) is 48.5 Å². The lowest BCUT2D eigenvalue weighted by Crippen LogP contribution is -2.39. The van der Waals surface area contributed by atoms with Crippen molar-refractivity contribution in [3.8, 4) is 5.75 Å². The van der Waals surface area contributed by atoms with Gasteiger partial charge in [0.25, 0.3) is 0 Å². The molecule has 29 heavy (non-hydrogen) atoms. The van der Waals surface area contributed by atoms with E-state index in [0.717, 1.165) is 43.9 Å². The van der Waals surface area contributed by atoms with Crippen LogP contribution >= 0.6 is 0 Å². The van der Waals surface area contributed by atoms with Gasteiger partial charge in [0.1, 0.15) is 18.5 Å². The van der Waals surface area contributed by atoms with Gasteiger partial charge in [-0.05, 0) is 54.5 Å². The molecule has 0 saturated carbocycles. The normalized spacial score (nSPS) is 17.8. The second-order valence-electron chi connectivity index (χ2n) is 8.51. The number of nitrogens with zero attached hydrogens (tertiary/aromatic N) is 1. The molecule has 0 amide bonds. The number of benzene rings is 2. The molecule has 1 N–H and O–H groups in total. The minimum atomic E-state index is -0.549. The minimum absolute atomic E-state index is 0.259. The number of hydrogen-bond donors (Lipinski definition) is 1. The van der Waals surface area contributed by atoms with Gasteiger partial charge >= 0.3 is 0 Å². The van der Waals surface area contributed by atoms with E-state index in [1.165, 1.54) is 11.1 Å². The summed E-state index contributed by atoms with van der Waals surface area (Å²) in [6, 6.07) is 16.8. The smallest absolute Gasteiger partial charge is 0.119 e. The maximum absolute atomic E-state index is 10.6. The van der Waals surface area contributed by atoms with Crippen molar-refractivity contribution in [3.63, 3.8) is 0 Å². The molecule has 3 rings (SSSR count). The fourth-order valence-corrected chi connectivity index (χ4v) is 3.79. The Balaban J connectivity index is 1.58. The molecule has 1 heterocycles. The maximum atomic E-state index is 10.6. The molecule has 1 saturated heterocycles. The molecule has 1 aliphatic heterocycles. The van der Waals surface area contributed by atoms with Gasteiger partial charge in [0, 0.05) is 26.2 Å². The van der Waals surface area contributed by atoms with Gasteiger partial charge in [-0.1, -0.05) is 50.2 Å². The molecule has 2 aromatic rings. The highest BCUT2D eigenvalue weighted by Gasteiger charge is 2.21. The van der Waals surface area contributed by atoms with E-state index in [1.807, 2.05) is 31.2 Å². The number of aryl methyl sites for hydroxylation is 1. The highest BCUT2D eigenvalue weighted by atomic mass is 16.5. The molecule has 2 aromatic carbocycles. The lowest BCUT2D eigenvalue weighted by atomic mass is 10.0. The van der Waals surface area contributed by atoms with Crippen LogP contribution in [0.5, 0.6) is 5.75 Å². The summed E-state index contributed by atoms with van der Waals surface area (Å²) in [4.78, 5) is 2.30. The zero-order chi connectivity index (χ0) is 20.6. The third-order valence-corrected chi connectivity index (χ3v) is 5.44. The van der Waals surface area contributed by atoms with Gasteiger partial charge in [-0.2, -0.15) is 0 Å². The SMILES string of the molecule is Cc1cccc(OCC(O)CN(Cc2ccc(C(C)C)cc2)CC2CCCO2)c1. The molecular formula is C25H35NO3. The van der Waals surface area contributed by atoms with Gasteiger partial charge < -0.3 is 14.6 Å². The molecule has 0 radical (unpaired) electrons. The molecule has 2 atom stereocenters. The number of hydrogen-bond acceptors (Lipinski definition) is 4. The van der Waals surface area contributed by atoms with Gasteiger partial charge in [0.15, 0.2) is 0 Å². The Morgan fingerprint density at radius 2 is 1.97 bits per heavy atom. The molecule has 1 fully saturated rings. The summed E-state index contributed by atoms with van der Waals surface area (Å²) in [5.41, 5.74) is 3.77. The molecule has 0 spiro atoms. The molecule has 0 aliphatic carbocycles. The lowest BCUT2D eigenvalue weighted by molar-refractivity contribution is 0.0313. The van der Waals surface area contributed by atoms with Crippen molar-refractivity contribution < 1.29 is 14.6 Å². The minimum Gasteiger partial charge on any atom is -0.491 e. The second-order valence-corrected chi connectivity index (χ2v) is 8.51. The van der Waals surface area contributed by atoms with Crippen LogP contribution in [0, 0.1) is 6.92 Å². The third kappa shape index (κ3) is 7.14. The first kappa shape index (κ1) is 21.8. The van der Waals surface area contributed by atoms with Crippen LogP contribution in [0.1, 0.15) is 49.3 Å². The van der Waals surface area contributed by atoms with Gasteiger partial charge in [0.05, 0.1) is 6.10 Å². The Hall–Kier alpha value is -1.88. The summed E-state index contributed by atoms with van der Waals surface area (Å²) >= 11 is 0. The van der Waals surface area contributed by atoms with Gasteiger partial charge in [-0.3, -0.25) is 4.90 Å². The molecule has 0 aromatic heterocycles. The van der Waals surface area contributed by atoms with Gasteiger partial charge in [-0.25, -0.2) is 0 Å². The second kappa shape index (κ2) is 10.8. The van der Waals surface area contributed by atoms with Crippen LogP contribution in [-0.2, 0) is 11.3 Å². The van der Waals surface area contributed by atoms with E-state index >= 15 is 0 Å². The third-order valence-electron chi connectivity index (χ3n) is 5.44. The Labute approximate surface area is 175 Å². The summed E-state index contributed by atoms with van der Waals surface area (Å²) < 4.78 is 11.6. The molecule has 0 bridgehead atoms. The summed E-state index contributed by atoms with van der Waals surface area (Å²) in [5.74, 6) is 1.34. The fraction of sp³-hybridized carbons (Fsp3) is 0.520. The summed E-state index contributed by atoms with van der Waals surface area (Å²) in [6.07, 6.45) is 1.93. The molecule has 2 unspecified atom stereocenters. The van der Waals surface area contributed by atoms with E-state index in [-0.39, 0.29) is 12.7 Å². The number of aliphatic hydroxyl groups is 1. The monoisotopic (exact) mass is 397 g/mol. The molecule has 4 heteroatoms. The van der Waals surface area contributed by atoms with Crippen molar-refractivity contribution in [1.29, 1.82) is 0 Å². The predicted molar refractivity (Wildman–Crippen MR) is 117 cm³/mol. The average Bonchev–Trinajstić information content (AvgIpc) is 3.20. The first-order chi connectivity index (χ1) is 14.0. The molecule has 1 aliphatic rings. The Morgan fingerprint density at radius 3 is 2.62 bits per heavy atom. The predicted octanol–water partition coefficient (Wildman–Crippen LogP) is 4.54. The van der Waals surface area contributed by atoms with E-state index in [9.17, 15) is 5.11 Å². The van der Waals surface area contributed by atoms with E-state index in [2.05, 4.69) is 43.0 Å². The van der Waals surface area contributed by atoms with Crippen LogP contribution in [0.2, 0.25) is 0 Å². The van der Waals surface area contributed by atoms with E-state index < -0.39 is 6.10 Å². The zero-order valence-electron chi connectivity index (χ0n) is 18.0. The first-order valence-corrected chi connectivity index (χ1v) is 10.8. The molecular weight excluding hydrogens is 362 g/mol. The van der Waals surface area contributed by atoms with Crippen molar-refractivity contribution >= 4 is 0 Å². The molecule has 4 nitrogen and oxygen atoms in total. The van der Waals surface area contributed by atoms with Crippen LogP contribution in [0.3, 0.4) is 0 Å². The quantitative estimate of drug-likeness (QED) is 0.639. The van der Waals surface area contributed by atoms with Crippen LogP contribution < -0.4 is 4.74 Å². The highest BCUT2D eigenvalue weighted by molar-refractivity contribution is 5.27. The Kier molecular flexibility index (Phi) is 8.10. The number of aliphatic hydroxyl groups excluding tert-OH is 1. The zero-order valence-corrected chi connectivity index (χ0v) is 18.0. The van der Waals surface area contributed by atoms with E-state index in [4.69, 9.17) is 9.47 Å². The standard InChI is InChI=1S/C25H35NO3/c1-19(2)22-11-9-21(10-12-22)15-26(17-25-8-5-13-28-25)16-23(27)18-29-24-7-4-6-20(3)14-24/h4,6-7,9-12,14,19,23,25,27H,5,8,13,15-18H2,1-3H3. The maximum Gasteiger partial charge on any atom is 0.119 e. The largest absolute Gasteiger partial charge is 0.491 e. The van der Waals surface area contributed by atoms with Crippen molar-refractivity contribution in [3.05, 3.63) is 65.2 Å². The van der Waals surface area contributed by atoms with Crippen LogP contribution in [0.4, 0.5) is 0 Å². The first-order valence-electron chi connectivity index (χ1n) is 10.8. The van der Waals surface area contributed by atoms with Crippen molar-refractivity contribution in [2.24, 2.45) is 0 Å². The van der Waals surface area contributed by atoms with Gasteiger partial charge in [-0.15, -0.1) is 0 Å². The van der Waals surface area contributed by atoms with Gasteiger partial charge in [0.2, 0.25) is 0 Å². The Morgan fingerprint density at radius 1 is 1.17 bits per heavy atom. The summed E-state index contributed by atoms with van der Waals surface area (Å²) in [7, 11) is 0. The van der Waals surface area contributed by atoms with Crippen LogP contribution in [0.25, 0.3) is 0 Å². The number of ether oxygens (including phenoxy) is 2. The summed E-state index contributed by atoms with van der Waals surface area (Å²) in [6.45, 7) is 9.81. The fourth-order valence-electron chi connectivity index (χ4n) is 3.79. The lowest BCUT2D eigenvalue weighted by Gasteiger charge is -2.27. The van der Waals surface area contributed by atoms with Crippen molar-refractivity contribution in [2.75, 3.05) is 26.3 Å². The van der Waals surface area contributed by atoms with E-state index in [0.29, 0.717) is 12.5 Å². The number of rotatable bonds is 10. The topological polar surface area (TPSA) is 41.9 Å². The van der Waals surface area contributed by atoms with Crippen molar-refractivity contribution in [2.45, 2.75) is 58.3 Å². The van der Waals surface area contributed by atoms with Crippen LogP contribution in [0.15, 0.2) is 48.5 Å². The summed E-state index contributed by atoms with van der Waals surface area (Å²) in [5, 5.41) is 10.6. The average molecular weight is 398 g/mol. The highest BCUT2D eigenvalue weighted by Crippen LogP contribution is 2.19. The van der Waals surface area contributed by atoms with Crippen molar-refractivity contribution in [1.82, 2.24) is 4.90 Å². The molecule has 158 valence electrons. The van der Waals surface area contributed by atoms with E-state index in [1.54, 1.807) is 0 Å².